The smallest absolute Gasteiger partial charge is 0.140 e. The lowest BCUT2D eigenvalue weighted by atomic mass is 9.92. The molecule has 2 aromatic carbocycles. The third-order valence-electron chi connectivity index (χ3n) is 5.41. The number of nitrogens with zero attached hydrogens (tertiary/aromatic N) is 3. The second-order valence-electron chi connectivity index (χ2n) is 7.59. The molecule has 0 aliphatic carbocycles. The minimum Gasteiger partial charge on any atom is -0.328 e. The van der Waals surface area contributed by atoms with Crippen molar-refractivity contribution in [1.29, 1.82) is 0 Å². The van der Waals surface area contributed by atoms with Crippen molar-refractivity contribution in [3.8, 4) is 0 Å². The molecule has 0 saturated heterocycles. The Bertz CT molecular complexity index is 1190. The number of benzene rings is 2. The number of hydrogen-bond acceptors (Lipinski definition) is 3. The van der Waals surface area contributed by atoms with Crippen LogP contribution in [0.25, 0.3) is 5.57 Å². The first-order valence-electron chi connectivity index (χ1n) is 10.4. The highest BCUT2D eigenvalue weighted by molar-refractivity contribution is 6.30. The molecule has 0 bridgehead atoms. The fraction of sp³-hybridized carbons (Fsp3) is 0.160. The van der Waals surface area contributed by atoms with Gasteiger partial charge < -0.3 is 4.90 Å². The molecule has 5 heteroatoms. The minimum absolute atomic E-state index is 0.224. The third kappa shape index (κ3) is 3.89. The summed E-state index contributed by atoms with van der Waals surface area (Å²) in [5, 5.41) is 0.691. The van der Waals surface area contributed by atoms with Gasteiger partial charge >= 0.3 is 0 Å². The molecule has 2 aliphatic heterocycles. The fourth-order valence-electron chi connectivity index (χ4n) is 4.02. The monoisotopic (exact) mass is 418 g/mol. The summed E-state index contributed by atoms with van der Waals surface area (Å²) in [6.07, 6.45) is 4.38. The minimum atomic E-state index is -0.224. The topological polar surface area (TPSA) is 19.4 Å². The Labute approximate surface area is 182 Å². The van der Waals surface area contributed by atoms with Crippen molar-refractivity contribution < 1.29 is 5.76 Å². The van der Waals surface area contributed by atoms with Crippen LogP contribution in [0.3, 0.4) is 0 Å². The first-order chi connectivity index (χ1) is 15.1. The van der Waals surface area contributed by atoms with Gasteiger partial charge in [-0.25, -0.2) is 9.37 Å². The summed E-state index contributed by atoms with van der Waals surface area (Å²) in [7, 11) is 0. The summed E-state index contributed by atoms with van der Waals surface area (Å²) in [4.78, 5) is 8.78. The van der Waals surface area contributed by atoms with Gasteiger partial charge in [-0.15, -0.1) is 0 Å². The average Bonchev–Trinajstić information content (AvgIpc) is 2.78. The Morgan fingerprint density at radius 2 is 1.90 bits per heavy atom. The molecule has 0 amide bonds. The van der Waals surface area contributed by atoms with E-state index in [-0.39, 0.29) is 5.82 Å². The Morgan fingerprint density at radius 3 is 2.73 bits per heavy atom. The zero-order valence-corrected chi connectivity index (χ0v) is 17.1. The molecule has 0 fully saturated rings. The highest BCUT2D eigenvalue weighted by Crippen LogP contribution is 2.38. The summed E-state index contributed by atoms with van der Waals surface area (Å²) in [5.41, 5.74) is 5.09. The molecule has 3 nitrogen and oxygen atoms in total. The summed E-state index contributed by atoms with van der Waals surface area (Å²) >= 11 is 6.04. The Morgan fingerprint density at radius 1 is 1.03 bits per heavy atom. The quantitative estimate of drug-likeness (QED) is 0.543. The highest BCUT2D eigenvalue weighted by atomic mass is 35.5. The highest BCUT2D eigenvalue weighted by Gasteiger charge is 2.27. The first-order valence-corrected chi connectivity index (χ1v) is 10.3. The van der Waals surface area contributed by atoms with E-state index in [0.717, 1.165) is 40.2 Å². The second kappa shape index (κ2) is 8.05. The van der Waals surface area contributed by atoms with Crippen LogP contribution in [0.2, 0.25) is 5.02 Å². The molecule has 5 rings (SSSR count). The van der Waals surface area contributed by atoms with Crippen LogP contribution in [0, 0.1) is 5.82 Å². The van der Waals surface area contributed by atoms with Crippen LogP contribution in [0.5, 0.6) is 0 Å². The number of anilines is 1. The molecule has 0 spiro atoms. The van der Waals surface area contributed by atoms with Crippen molar-refractivity contribution in [3.05, 3.63) is 112 Å². The van der Waals surface area contributed by atoms with Gasteiger partial charge in [-0.1, -0.05) is 41.9 Å². The SMILES string of the molecule is [2H]C1=C2CN(Cc3cccc(F)c3)CC=C2c2cccnc2N1Cc1ccc(Cl)cc1. The standard InChI is InChI=1S/C25H21ClFN3/c26-21-8-6-18(7-9-21)15-30-17-20-16-29(14-19-3-1-4-22(27)13-19)12-10-23(20)24-5-2-11-28-25(24)30/h1-11,13,17H,12,14-16H2/i17D. The van der Waals surface area contributed by atoms with Crippen LogP contribution < -0.4 is 4.90 Å². The van der Waals surface area contributed by atoms with Crippen LogP contribution in [0.15, 0.2) is 84.7 Å². The molecule has 150 valence electrons. The maximum absolute atomic E-state index is 13.6. The maximum Gasteiger partial charge on any atom is 0.140 e. The third-order valence-corrected chi connectivity index (χ3v) is 5.66. The molecule has 1 aromatic heterocycles. The molecule has 0 saturated carbocycles. The number of fused-ring (bicyclic) bond motifs is 3. The van der Waals surface area contributed by atoms with Crippen molar-refractivity contribution in [2.45, 2.75) is 13.1 Å². The van der Waals surface area contributed by atoms with E-state index in [1.54, 1.807) is 18.3 Å². The van der Waals surface area contributed by atoms with Crippen LogP contribution in [0.1, 0.15) is 18.1 Å². The van der Waals surface area contributed by atoms with Crippen LogP contribution in [-0.4, -0.2) is 23.0 Å². The van der Waals surface area contributed by atoms with Gasteiger partial charge in [0, 0.05) is 49.1 Å². The first kappa shape index (κ1) is 17.9. The van der Waals surface area contributed by atoms with Crippen LogP contribution in [0.4, 0.5) is 10.2 Å². The van der Waals surface area contributed by atoms with E-state index in [0.29, 0.717) is 30.8 Å². The van der Waals surface area contributed by atoms with Gasteiger partial charge in [-0.2, -0.15) is 0 Å². The average molecular weight is 419 g/mol. The molecule has 3 heterocycles. The Hall–Kier alpha value is -2.95. The zero-order valence-electron chi connectivity index (χ0n) is 17.4. The van der Waals surface area contributed by atoms with E-state index >= 15 is 0 Å². The van der Waals surface area contributed by atoms with Crippen molar-refractivity contribution >= 4 is 23.0 Å². The molecular weight excluding hydrogens is 397 g/mol. The van der Waals surface area contributed by atoms with Crippen LogP contribution in [-0.2, 0) is 13.1 Å². The van der Waals surface area contributed by atoms with Gasteiger partial charge in [0.1, 0.15) is 11.6 Å². The molecule has 0 N–H and O–H groups in total. The maximum atomic E-state index is 13.6. The summed E-state index contributed by atoms with van der Waals surface area (Å²) in [5.74, 6) is 0.578. The molecule has 30 heavy (non-hydrogen) atoms. The summed E-state index contributed by atoms with van der Waals surface area (Å²) < 4.78 is 22.6. The largest absolute Gasteiger partial charge is 0.328 e. The van der Waals surface area contributed by atoms with E-state index in [2.05, 4.69) is 22.0 Å². The summed E-state index contributed by atoms with van der Waals surface area (Å²) in [6.45, 7) is 2.55. The number of rotatable bonds is 4. The molecule has 3 aromatic rings. The van der Waals surface area contributed by atoms with Gasteiger partial charge in [0.15, 0.2) is 0 Å². The predicted molar refractivity (Wildman–Crippen MR) is 120 cm³/mol. The lowest BCUT2D eigenvalue weighted by molar-refractivity contribution is 0.316. The number of halogens is 2. The number of aromatic nitrogens is 1. The second-order valence-corrected chi connectivity index (χ2v) is 8.03. The van der Waals surface area contributed by atoms with Crippen molar-refractivity contribution in [2.24, 2.45) is 0 Å². The van der Waals surface area contributed by atoms with Gasteiger partial charge in [0.25, 0.3) is 0 Å². The van der Waals surface area contributed by atoms with E-state index in [1.807, 2.05) is 41.3 Å². The normalized spacial score (nSPS) is 16.7. The lowest BCUT2D eigenvalue weighted by Gasteiger charge is -2.35. The fourth-order valence-corrected chi connectivity index (χ4v) is 4.15. The van der Waals surface area contributed by atoms with Crippen molar-refractivity contribution in [1.82, 2.24) is 9.88 Å². The van der Waals surface area contributed by atoms with Gasteiger partial charge in [0.05, 0.1) is 1.37 Å². The zero-order chi connectivity index (χ0) is 21.4. The van der Waals surface area contributed by atoms with Crippen LogP contribution >= 0.6 is 11.6 Å². The molecule has 0 atom stereocenters. The van der Waals surface area contributed by atoms with E-state index < -0.39 is 0 Å². The predicted octanol–water partition coefficient (Wildman–Crippen LogP) is 5.68. The number of pyridine rings is 1. The van der Waals surface area contributed by atoms with E-state index in [1.165, 1.54) is 6.07 Å². The molecule has 0 unspecified atom stereocenters. The Kier molecular flexibility index (Phi) is 4.80. The van der Waals surface area contributed by atoms with Crippen molar-refractivity contribution in [2.75, 3.05) is 18.0 Å². The van der Waals surface area contributed by atoms with E-state index in [9.17, 15) is 4.39 Å². The molecule has 2 aliphatic rings. The molecular formula is C25H21ClFN3. The summed E-state index contributed by atoms with van der Waals surface area (Å²) in [6, 6.07) is 18.4. The van der Waals surface area contributed by atoms with Crippen molar-refractivity contribution in [3.63, 3.8) is 0 Å². The lowest BCUT2D eigenvalue weighted by Crippen LogP contribution is -2.33. The van der Waals surface area contributed by atoms with Gasteiger partial charge in [0.2, 0.25) is 0 Å². The number of hydrogen-bond donors (Lipinski definition) is 0. The van der Waals surface area contributed by atoms with Gasteiger partial charge in [-0.05, 0) is 58.7 Å². The van der Waals surface area contributed by atoms with E-state index in [4.69, 9.17) is 13.0 Å². The molecule has 0 radical (unpaired) electrons. The Balaban J connectivity index is 1.49. The van der Waals surface area contributed by atoms with Gasteiger partial charge in [-0.3, -0.25) is 4.90 Å².